The average molecular weight is 304 g/mol. The summed E-state index contributed by atoms with van der Waals surface area (Å²) in [5, 5.41) is 0. The minimum atomic E-state index is 0.881. The Labute approximate surface area is 137 Å². The lowest BCUT2D eigenvalue weighted by atomic mass is 9.96. The molecular formula is C20H20N2O. The van der Waals surface area contributed by atoms with Gasteiger partial charge in [-0.15, -0.1) is 0 Å². The standard InChI is InChI=1S/C20H20N2O/c1-23-19-12-3-2-7-16(19)8-4-9-17-10-6-14-22-20(17)18-11-5-13-21-15-18/h2-5,7-9,11-13,15H,6,10,14H2,1H3/b8-4+,17-9-. The monoisotopic (exact) mass is 304 g/mol. The van der Waals surface area contributed by atoms with Gasteiger partial charge in [-0.25, -0.2) is 0 Å². The zero-order valence-corrected chi connectivity index (χ0v) is 13.3. The number of hydrogen-bond donors (Lipinski definition) is 0. The van der Waals surface area contributed by atoms with Crippen molar-refractivity contribution >= 4 is 11.8 Å². The SMILES string of the molecule is COc1ccccc1/C=C/C=C1/CCCN=C1c1cccnc1. The number of aromatic nitrogens is 1. The van der Waals surface area contributed by atoms with E-state index in [1.165, 1.54) is 5.57 Å². The fraction of sp³-hybridized carbons (Fsp3) is 0.200. The van der Waals surface area contributed by atoms with Gasteiger partial charge in [-0.1, -0.05) is 36.4 Å². The van der Waals surface area contributed by atoms with Crippen LogP contribution >= 0.6 is 0 Å². The first-order valence-corrected chi connectivity index (χ1v) is 7.84. The van der Waals surface area contributed by atoms with Crippen molar-refractivity contribution < 1.29 is 4.74 Å². The molecule has 0 atom stereocenters. The lowest BCUT2D eigenvalue weighted by molar-refractivity contribution is 0.414. The molecule has 1 aromatic heterocycles. The number of allylic oxidation sites excluding steroid dienone is 3. The zero-order valence-electron chi connectivity index (χ0n) is 13.3. The van der Waals surface area contributed by atoms with Crippen molar-refractivity contribution in [1.29, 1.82) is 0 Å². The molecule has 0 radical (unpaired) electrons. The average Bonchev–Trinajstić information content (AvgIpc) is 2.63. The zero-order chi connectivity index (χ0) is 15.9. The van der Waals surface area contributed by atoms with E-state index in [0.29, 0.717) is 0 Å². The second-order valence-electron chi connectivity index (χ2n) is 5.37. The predicted octanol–water partition coefficient (Wildman–Crippen LogP) is 4.31. The van der Waals surface area contributed by atoms with Crippen molar-refractivity contribution in [2.75, 3.05) is 13.7 Å². The fourth-order valence-electron chi connectivity index (χ4n) is 2.69. The van der Waals surface area contributed by atoms with Crippen LogP contribution in [0.4, 0.5) is 0 Å². The molecule has 2 aromatic rings. The maximum Gasteiger partial charge on any atom is 0.126 e. The van der Waals surface area contributed by atoms with Crippen LogP contribution in [0.5, 0.6) is 5.75 Å². The first-order chi connectivity index (χ1) is 11.4. The number of benzene rings is 1. The largest absolute Gasteiger partial charge is 0.496 e. The number of nitrogens with zero attached hydrogens (tertiary/aromatic N) is 2. The van der Waals surface area contributed by atoms with Crippen LogP contribution in [0.1, 0.15) is 24.0 Å². The number of aliphatic imine (C=N–C) groups is 1. The molecule has 3 rings (SSSR count). The Kier molecular flexibility index (Phi) is 4.99. The highest BCUT2D eigenvalue weighted by molar-refractivity contribution is 6.13. The van der Waals surface area contributed by atoms with E-state index in [2.05, 4.69) is 29.3 Å². The molecule has 0 amide bonds. The van der Waals surface area contributed by atoms with Crippen LogP contribution in [0.15, 0.2) is 71.5 Å². The van der Waals surface area contributed by atoms with Crippen molar-refractivity contribution in [2.45, 2.75) is 12.8 Å². The Morgan fingerprint density at radius 1 is 1.13 bits per heavy atom. The van der Waals surface area contributed by atoms with Gasteiger partial charge in [0, 0.05) is 30.1 Å². The van der Waals surface area contributed by atoms with Crippen molar-refractivity contribution in [3.63, 3.8) is 0 Å². The van der Waals surface area contributed by atoms with E-state index in [-0.39, 0.29) is 0 Å². The molecule has 3 nitrogen and oxygen atoms in total. The fourth-order valence-corrected chi connectivity index (χ4v) is 2.69. The second kappa shape index (κ2) is 7.54. The normalized spacial score (nSPS) is 16.6. The Morgan fingerprint density at radius 2 is 2.04 bits per heavy atom. The third-order valence-corrected chi connectivity index (χ3v) is 3.83. The molecule has 0 aliphatic carbocycles. The molecule has 0 spiro atoms. The molecule has 0 unspecified atom stereocenters. The second-order valence-corrected chi connectivity index (χ2v) is 5.37. The summed E-state index contributed by atoms with van der Waals surface area (Å²) in [6.07, 6.45) is 12.1. The highest BCUT2D eigenvalue weighted by Gasteiger charge is 2.13. The molecule has 1 aromatic carbocycles. The van der Waals surface area contributed by atoms with Crippen molar-refractivity contribution in [3.8, 4) is 5.75 Å². The molecule has 116 valence electrons. The van der Waals surface area contributed by atoms with E-state index < -0.39 is 0 Å². The summed E-state index contributed by atoms with van der Waals surface area (Å²) >= 11 is 0. The number of rotatable bonds is 4. The first kappa shape index (κ1) is 15.2. The number of hydrogen-bond acceptors (Lipinski definition) is 3. The van der Waals surface area contributed by atoms with Gasteiger partial charge in [-0.3, -0.25) is 9.98 Å². The Bertz CT molecular complexity index is 745. The topological polar surface area (TPSA) is 34.5 Å². The van der Waals surface area contributed by atoms with Crippen LogP contribution in [0.25, 0.3) is 6.08 Å². The third-order valence-electron chi connectivity index (χ3n) is 3.83. The van der Waals surface area contributed by atoms with Crippen molar-refractivity contribution in [3.05, 3.63) is 77.6 Å². The van der Waals surface area contributed by atoms with Gasteiger partial charge >= 0.3 is 0 Å². The van der Waals surface area contributed by atoms with E-state index in [1.807, 2.05) is 36.5 Å². The van der Waals surface area contributed by atoms with Gasteiger partial charge < -0.3 is 4.74 Å². The maximum absolute atomic E-state index is 5.37. The van der Waals surface area contributed by atoms with Gasteiger partial charge in [0.05, 0.1) is 12.8 Å². The quantitative estimate of drug-likeness (QED) is 0.843. The highest BCUT2D eigenvalue weighted by atomic mass is 16.5. The van der Waals surface area contributed by atoms with Crippen LogP contribution in [-0.4, -0.2) is 24.4 Å². The van der Waals surface area contributed by atoms with Gasteiger partial charge in [0.15, 0.2) is 0 Å². The lowest BCUT2D eigenvalue weighted by Crippen LogP contribution is -2.11. The molecule has 23 heavy (non-hydrogen) atoms. The van der Waals surface area contributed by atoms with E-state index in [1.54, 1.807) is 13.3 Å². The summed E-state index contributed by atoms with van der Waals surface area (Å²) in [5.74, 6) is 0.881. The Balaban J connectivity index is 1.84. The smallest absolute Gasteiger partial charge is 0.126 e. The summed E-state index contributed by atoms with van der Waals surface area (Å²) < 4.78 is 5.37. The van der Waals surface area contributed by atoms with E-state index >= 15 is 0 Å². The van der Waals surface area contributed by atoms with Crippen LogP contribution < -0.4 is 4.74 Å². The molecule has 2 heterocycles. The molecule has 1 aliphatic heterocycles. The molecule has 0 saturated carbocycles. The Morgan fingerprint density at radius 3 is 2.87 bits per heavy atom. The number of ether oxygens (including phenoxy) is 1. The summed E-state index contributed by atoms with van der Waals surface area (Å²) in [6, 6.07) is 12.0. The van der Waals surface area contributed by atoms with E-state index in [0.717, 1.165) is 42.0 Å². The van der Waals surface area contributed by atoms with Gasteiger partial charge in [0.2, 0.25) is 0 Å². The first-order valence-electron chi connectivity index (χ1n) is 7.84. The maximum atomic E-state index is 5.37. The minimum absolute atomic E-state index is 0.881. The lowest BCUT2D eigenvalue weighted by Gasteiger charge is -2.15. The molecule has 0 saturated heterocycles. The van der Waals surface area contributed by atoms with E-state index in [9.17, 15) is 0 Å². The van der Waals surface area contributed by atoms with Gasteiger partial charge in [-0.05, 0) is 36.6 Å². The third kappa shape index (κ3) is 3.75. The van der Waals surface area contributed by atoms with Crippen LogP contribution in [0.2, 0.25) is 0 Å². The number of methoxy groups -OCH3 is 1. The molecule has 3 heteroatoms. The van der Waals surface area contributed by atoms with Crippen LogP contribution in [0.3, 0.4) is 0 Å². The number of para-hydroxylation sites is 1. The molecule has 0 fully saturated rings. The van der Waals surface area contributed by atoms with E-state index in [4.69, 9.17) is 9.73 Å². The van der Waals surface area contributed by atoms with Crippen LogP contribution in [-0.2, 0) is 0 Å². The predicted molar refractivity (Wildman–Crippen MR) is 95.0 cm³/mol. The minimum Gasteiger partial charge on any atom is -0.496 e. The summed E-state index contributed by atoms with van der Waals surface area (Å²) in [5.41, 5.74) is 4.48. The molecular weight excluding hydrogens is 284 g/mol. The highest BCUT2D eigenvalue weighted by Crippen LogP contribution is 2.21. The van der Waals surface area contributed by atoms with Gasteiger partial charge in [-0.2, -0.15) is 0 Å². The summed E-state index contributed by atoms with van der Waals surface area (Å²) in [4.78, 5) is 8.89. The summed E-state index contributed by atoms with van der Waals surface area (Å²) in [6.45, 7) is 0.887. The summed E-state index contributed by atoms with van der Waals surface area (Å²) in [7, 11) is 1.69. The van der Waals surface area contributed by atoms with Crippen molar-refractivity contribution in [1.82, 2.24) is 4.98 Å². The Hall–Kier alpha value is -2.68. The van der Waals surface area contributed by atoms with Crippen LogP contribution in [0, 0.1) is 0 Å². The molecule has 1 aliphatic rings. The number of pyridine rings is 1. The molecule has 0 bridgehead atoms. The van der Waals surface area contributed by atoms with Gasteiger partial charge in [0.25, 0.3) is 0 Å². The van der Waals surface area contributed by atoms with Crippen molar-refractivity contribution in [2.24, 2.45) is 4.99 Å². The molecule has 0 N–H and O–H groups in total. The van der Waals surface area contributed by atoms with Gasteiger partial charge in [0.1, 0.15) is 5.75 Å².